The molecule has 0 bridgehead atoms. The summed E-state index contributed by atoms with van der Waals surface area (Å²) in [5, 5.41) is 0. The van der Waals surface area contributed by atoms with Gasteiger partial charge in [-0.3, -0.25) is 0 Å². The molecule has 0 unspecified atom stereocenters. The number of nitrogens with zero attached hydrogens (tertiary/aromatic N) is 1. The van der Waals surface area contributed by atoms with Gasteiger partial charge in [-0.1, -0.05) is 24.3 Å². The molecule has 0 radical (unpaired) electrons. The lowest BCUT2D eigenvalue weighted by molar-refractivity contribution is 0.421. The van der Waals surface area contributed by atoms with Crippen molar-refractivity contribution in [3.8, 4) is 5.88 Å². The molecule has 76 valence electrons. The maximum absolute atomic E-state index is 5.69. The molecular formula is C13H13NO. The SMILES string of the molecule is Cc1cccnc1OC1=CCC=CC=C1. The first-order valence-electron chi connectivity index (χ1n) is 4.99. The Bertz CT molecular complexity index is 430. The molecule has 15 heavy (non-hydrogen) atoms. The molecule has 2 heteroatoms. The zero-order valence-electron chi connectivity index (χ0n) is 8.68. The maximum atomic E-state index is 5.69. The molecule has 0 aromatic carbocycles. The summed E-state index contributed by atoms with van der Waals surface area (Å²) in [4.78, 5) is 4.19. The van der Waals surface area contributed by atoms with E-state index in [0.717, 1.165) is 17.7 Å². The lowest BCUT2D eigenvalue weighted by atomic mass is 10.3. The van der Waals surface area contributed by atoms with Gasteiger partial charge in [-0.05, 0) is 31.6 Å². The summed E-state index contributed by atoms with van der Waals surface area (Å²) >= 11 is 0. The summed E-state index contributed by atoms with van der Waals surface area (Å²) in [5.41, 5.74) is 1.05. The van der Waals surface area contributed by atoms with Crippen LogP contribution < -0.4 is 4.74 Å². The van der Waals surface area contributed by atoms with Gasteiger partial charge in [-0.15, -0.1) is 0 Å². The number of rotatable bonds is 2. The van der Waals surface area contributed by atoms with Crippen LogP contribution in [0.5, 0.6) is 5.88 Å². The zero-order valence-corrected chi connectivity index (χ0v) is 8.68. The van der Waals surface area contributed by atoms with Gasteiger partial charge < -0.3 is 4.74 Å². The Kier molecular flexibility index (Phi) is 2.98. The van der Waals surface area contributed by atoms with Gasteiger partial charge in [0.05, 0.1) is 0 Å². The predicted octanol–water partition coefficient (Wildman–Crippen LogP) is 3.17. The van der Waals surface area contributed by atoms with Crippen LogP contribution in [0.1, 0.15) is 12.0 Å². The molecule has 2 rings (SSSR count). The highest BCUT2D eigenvalue weighted by Crippen LogP contribution is 2.17. The molecule has 1 aliphatic carbocycles. The quantitative estimate of drug-likeness (QED) is 0.729. The first kappa shape index (κ1) is 9.71. The summed E-state index contributed by atoms with van der Waals surface area (Å²) in [6.07, 6.45) is 12.7. The third kappa shape index (κ3) is 2.56. The third-order valence-corrected chi connectivity index (χ3v) is 2.14. The molecule has 1 aromatic heterocycles. The second-order valence-corrected chi connectivity index (χ2v) is 3.36. The number of allylic oxidation sites excluding steroid dienone is 5. The van der Waals surface area contributed by atoms with Crippen molar-refractivity contribution in [2.75, 3.05) is 0 Å². The number of ether oxygens (including phenoxy) is 1. The van der Waals surface area contributed by atoms with E-state index in [1.165, 1.54) is 0 Å². The molecule has 0 saturated heterocycles. The summed E-state index contributed by atoms with van der Waals surface area (Å²) in [6, 6.07) is 3.89. The van der Waals surface area contributed by atoms with Gasteiger partial charge in [0.1, 0.15) is 5.76 Å². The van der Waals surface area contributed by atoms with Gasteiger partial charge in [0, 0.05) is 11.8 Å². The Morgan fingerprint density at radius 2 is 2.27 bits per heavy atom. The van der Waals surface area contributed by atoms with Gasteiger partial charge >= 0.3 is 0 Å². The van der Waals surface area contributed by atoms with E-state index in [1.54, 1.807) is 6.20 Å². The molecule has 1 heterocycles. The highest BCUT2D eigenvalue weighted by atomic mass is 16.5. The molecule has 1 aliphatic rings. The van der Waals surface area contributed by atoms with E-state index in [2.05, 4.69) is 11.1 Å². The van der Waals surface area contributed by atoms with E-state index in [0.29, 0.717) is 5.88 Å². The molecule has 0 N–H and O–H groups in total. The Labute approximate surface area is 89.6 Å². The molecule has 0 spiro atoms. The summed E-state index contributed by atoms with van der Waals surface area (Å²) in [5.74, 6) is 1.53. The van der Waals surface area contributed by atoms with Crippen LogP contribution in [0.2, 0.25) is 0 Å². The van der Waals surface area contributed by atoms with Crippen LogP contribution in [0.3, 0.4) is 0 Å². The number of hydrogen-bond donors (Lipinski definition) is 0. The minimum atomic E-state index is 0.676. The largest absolute Gasteiger partial charge is 0.439 e. The Morgan fingerprint density at radius 1 is 1.33 bits per heavy atom. The highest BCUT2D eigenvalue weighted by molar-refractivity contribution is 5.29. The summed E-state index contributed by atoms with van der Waals surface area (Å²) < 4.78 is 5.69. The average Bonchev–Trinajstić information content (AvgIpc) is 2.50. The van der Waals surface area contributed by atoms with E-state index < -0.39 is 0 Å². The van der Waals surface area contributed by atoms with Gasteiger partial charge in [0.15, 0.2) is 0 Å². The standard InChI is InChI=1S/C13H13NO/c1-11-7-6-10-14-13(11)15-12-8-4-2-3-5-9-12/h2-4,6-10H,5H2,1H3. The first-order chi connectivity index (χ1) is 7.36. The van der Waals surface area contributed by atoms with Crippen molar-refractivity contribution in [3.63, 3.8) is 0 Å². The molecule has 0 fully saturated rings. The monoisotopic (exact) mass is 199 g/mol. The van der Waals surface area contributed by atoms with Gasteiger partial charge in [-0.25, -0.2) is 4.98 Å². The fourth-order valence-corrected chi connectivity index (χ4v) is 1.33. The van der Waals surface area contributed by atoms with Crippen LogP contribution in [-0.4, -0.2) is 4.98 Å². The topological polar surface area (TPSA) is 22.1 Å². The van der Waals surface area contributed by atoms with Crippen LogP contribution in [0.4, 0.5) is 0 Å². The van der Waals surface area contributed by atoms with E-state index >= 15 is 0 Å². The first-order valence-corrected chi connectivity index (χ1v) is 4.99. The third-order valence-electron chi connectivity index (χ3n) is 2.14. The smallest absolute Gasteiger partial charge is 0.222 e. The second-order valence-electron chi connectivity index (χ2n) is 3.36. The van der Waals surface area contributed by atoms with Crippen molar-refractivity contribution < 1.29 is 4.74 Å². The zero-order chi connectivity index (χ0) is 10.5. The van der Waals surface area contributed by atoms with Crippen LogP contribution in [0, 0.1) is 6.92 Å². The van der Waals surface area contributed by atoms with Gasteiger partial charge in [0.2, 0.25) is 5.88 Å². The van der Waals surface area contributed by atoms with E-state index in [9.17, 15) is 0 Å². The fourth-order valence-electron chi connectivity index (χ4n) is 1.33. The second kappa shape index (κ2) is 4.60. The van der Waals surface area contributed by atoms with Crippen LogP contribution in [-0.2, 0) is 0 Å². The van der Waals surface area contributed by atoms with Crippen molar-refractivity contribution in [2.24, 2.45) is 0 Å². The van der Waals surface area contributed by atoms with Crippen LogP contribution in [0.15, 0.2) is 54.5 Å². The molecule has 0 saturated carbocycles. The number of pyridine rings is 1. The molecular weight excluding hydrogens is 186 g/mol. The van der Waals surface area contributed by atoms with Gasteiger partial charge in [-0.2, -0.15) is 0 Å². The molecule has 0 amide bonds. The number of hydrogen-bond acceptors (Lipinski definition) is 2. The molecule has 0 aliphatic heterocycles. The van der Waals surface area contributed by atoms with E-state index in [1.807, 2.05) is 43.4 Å². The number of aryl methyl sites for hydroxylation is 1. The molecule has 0 atom stereocenters. The van der Waals surface area contributed by atoms with Crippen LogP contribution in [0.25, 0.3) is 0 Å². The molecule has 1 aromatic rings. The molecule has 2 nitrogen and oxygen atoms in total. The fraction of sp³-hybridized carbons (Fsp3) is 0.154. The Hall–Kier alpha value is -1.83. The minimum absolute atomic E-state index is 0.676. The van der Waals surface area contributed by atoms with Crippen molar-refractivity contribution in [1.29, 1.82) is 0 Å². The maximum Gasteiger partial charge on any atom is 0.222 e. The van der Waals surface area contributed by atoms with E-state index in [4.69, 9.17) is 4.74 Å². The van der Waals surface area contributed by atoms with Crippen molar-refractivity contribution in [1.82, 2.24) is 4.98 Å². The van der Waals surface area contributed by atoms with Gasteiger partial charge in [0.25, 0.3) is 0 Å². The average molecular weight is 199 g/mol. The van der Waals surface area contributed by atoms with Crippen LogP contribution >= 0.6 is 0 Å². The Morgan fingerprint density at radius 3 is 3.13 bits per heavy atom. The number of aromatic nitrogens is 1. The minimum Gasteiger partial charge on any atom is -0.439 e. The Balaban J connectivity index is 2.16. The normalized spacial score (nSPS) is 14.6. The summed E-state index contributed by atoms with van der Waals surface area (Å²) in [6.45, 7) is 1.99. The summed E-state index contributed by atoms with van der Waals surface area (Å²) in [7, 11) is 0. The van der Waals surface area contributed by atoms with E-state index in [-0.39, 0.29) is 0 Å². The van der Waals surface area contributed by atoms with Crippen molar-refractivity contribution in [3.05, 3.63) is 60.0 Å². The van der Waals surface area contributed by atoms with Crippen molar-refractivity contribution in [2.45, 2.75) is 13.3 Å². The highest BCUT2D eigenvalue weighted by Gasteiger charge is 2.02. The van der Waals surface area contributed by atoms with Crippen molar-refractivity contribution >= 4 is 0 Å². The lowest BCUT2D eigenvalue weighted by Gasteiger charge is -2.06. The predicted molar refractivity (Wildman–Crippen MR) is 60.6 cm³/mol. The lowest BCUT2D eigenvalue weighted by Crippen LogP contribution is -1.96.